The first-order valence-electron chi connectivity index (χ1n) is 10.9. The van der Waals surface area contributed by atoms with Gasteiger partial charge in [-0.1, -0.05) is 54.6 Å². The molecule has 2 aliphatic rings. The lowest BCUT2D eigenvalue weighted by Gasteiger charge is -2.40. The second kappa shape index (κ2) is 9.55. The lowest BCUT2D eigenvalue weighted by molar-refractivity contribution is -0.133. The number of rotatable bonds is 5. The van der Waals surface area contributed by atoms with Crippen LogP contribution in [0.1, 0.15) is 41.9 Å². The molecule has 0 saturated carbocycles. The number of hydrogen-bond donors (Lipinski definition) is 0. The molecule has 0 aliphatic carbocycles. The maximum absolute atomic E-state index is 13.2. The molecular weight excluding hydrogens is 360 g/mol. The zero-order chi connectivity index (χ0) is 20.1. The van der Waals surface area contributed by atoms with Gasteiger partial charge in [0.15, 0.2) is 0 Å². The third-order valence-corrected chi connectivity index (χ3v) is 6.52. The summed E-state index contributed by atoms with van der Waals surface area (Å²) in [6.07, 6.45) is 2.69. The van der Waals surface area contributed by atoms with Crippen molar-refractivity contribution in [3.05, 3.63) is 71.3 Å². The summed E-state index contributed by atoms with van der Waals surface area (Å²) < 4.78 is 5.48. The van der Waals surface area contributed by atoms with Crippen LogP contribution in [-0.2, 0) is 9.53 Å². The Balaban J connectivity index is 1.43. The SMILES string of the molecule is Cc1ccccc1[C@H](CC(=O)N1CCC(N2CCOCC2)CC1)c1ccccc1. The number of aryl methyl sites for hydroxylation is 1. The number of amides is 1. The highest BCUT2D eigenvalue weighted by atomic mass is 16.5. The highest BCUT2D eigenvalue weighted by molar-refractivity contribution is 5.78. The molecule has 1 atom stereocenters. The molecule has 0 radical (unpaired) electrons. The number of carbonyl (C=O) groups is 1. The van der Waals surface area contributed by atoms with E-state index in [4.69, 9.17) is 4.74 Å². The molecule has 29 heavy (non-hydrogen) atoms. The van der Waals surface area contributed by atoms with E-state index in [9.17, 15) is 4.79 Å². The number of piperidine rings is 1. The van der Waals surface area contributed by atoms with Gasteiger partial charge in [0, 0.05) is 44.6 Å². The summed E-state index contributed by atoms with van der Waals surface area (Å²) in [5.74, 6) is 0.393. The van der Waals surface area contributed by atoms with Crippen LogP contribution in [0, 0.1) is 6.92 Å². The number of benzene rings is 2. The van der Waals surface area contributed by atoms with Crippen LogP contribution in [0.2, 0.25) is 0 Å². The smallest absolute Gasteiger partial charge is 0.223 e. The van der Waals surface area contributed by atoms with Gasteiger partial charge >= 0.3 is 0 Å². The van der Waals surface area contributed by atoms with Gasteiger partial charge in [0.1, 0.15) is 0 Å². The van der Waals surface area contributed by atoms with Gasteiger partial charge < -0.3 is 9.64 Å². The van der Waals surface area contributed by atoms with Gasteiger partial charge in [-0.25, -0.2) is 0 Å². The average Bonchev–Trinajstić information content (AvgIpc) is 2.79. The average molecular weight is 393 g/mol. The minimum Gasteiger partial charge on any atom is -0.379 e. The fourth-order valence-electron chi connectivity index (χ4n) is 4.80. The Hall–Kier alpha value is -2.17. The molecule has 2 aromatic rings. The number of hydrogen-bond acceptors (Lipinski definition) is 3. The van der Waals surface area contributed by atoms with Crippen molar-refractivity contribution >= 4 is 5.91 Å². The predicted octanol–water partition coefficient (Wildman–Crippen LogP) is 3.84. The van der Waals surface area contributed by atoms with Crippen LogP contribution in [0.25, 0.3) is 0 Å². The molecule has 2 fully saturated rings. The Morgan fingerprint density at radius 1 is 0.966 bits per heavy atom. The highest BCUT2D eigenvalue weighted by Crippen LogP contribution is 2.31. The fourth-order valence-corrected chi connectivity index (χ4v) is 4.80. The first-order valence-corrected chi connectivity index (χ1v) is 10.9. The lowest BCUT2D eigenvalue weighted by Crippen LogP contribution is -2.50. The normalized spacial score (nSPS) is 19.8. The maximum atomic E-state index is 13.2. The number of carbonyl (C=O) groups excluding carboxylic acids is 1. The van der Waals surface area contributed by atoms with E-state index < -0.39 is 0 Å². The second-order valence-electron chi connectivity index (χ2n) is 8.28. The molecule has 2 heterocycles. The molecule has 4 rings (SSSR count). The third kappa shape index (κ3) is 4.88. The van der Waals surface area contributed by atoms with E-state index >= 15 is 0 Å². The van der Waals surface area contributed by atoms with Gasteiger partial charge in [-0.05, 0) is 36.5 Å². The van der Waals surface area contributed by atoms with Crippen molar-refractivity contribution in [2.24, 2.45) is 0 Å². The Kier molecular flexibility index (Phi) is 6.63. The van der Waals surface area contributed by atoms with E-state index in [1.54, 1.807) is 0 Å². The molecule has 4 heteroatoms. The topological polar surface area (TPSA) is 32.8 Å². The summed E-state index contributed by atoms with van der Waals surface area (Å²) in [5.41, 5.74) is 3.73. The second-order valence-corrected chi connectivity index (χ2v) is 8.28. The Labute approximate surface area is 174 Å². The Bertz CT molecular complexity index is 793. The third-order valence-electron chi connectivity index (χ3n) is 6.52. The number of likely N-dealkylation sites (tertiary alicyclic amines) is 1. The molecule has 2 saturated heterocycles. The molecule has 0 spiro atoms. The summed E-state index contributed by atoms with van der Waals surface area (Å²) >= 11 is 0. The van der Waals surface area contributed by atoms with E-state index in [2.05, 4.69) is 65.3 Å². The number of nitrogens with zero attached hydrogens (tertiary/aromatic N) is 2. The molecular formula is C25H32N2O2. The fraction of sp³-hybridized carbons (Fsp3) is 0.480. The molecule has 0 aromatic heterocycles. The molecule has 4 nitrogen and oxygen atoms in total. The molecule has 2 aliphatic heterocycles. The van der Waals surface area contributed by atoms with E-state index in [-0.39, 0.29) is 11.8 Å². The van der Waals surface area contributed by atoms with Crippen molar-refractivity contribution in [3.63, 3.8) is 0 Å². The summed E-state index contributed by atoms with van der Waals surface area (Å²) in [4.78, 5) is 17.9. The first-order chi connectivity index (χ1) is 14.2. The van der Waals surface area contributed by atoms with Crippen molar-refractivity contribution < 1.29 is 9.53 Å². The lowest BCUT2D eigenvalue weighted by atomic mass is 9.85. The van der Waals surface area contributed by atoms with E-state index in [0.717, 1.165) is 52.2 Å². The van der Waals surface area contributed by atoms with Gasteiger partial charge in [-0.2, -0.15) is 0 Å². The van der Waals surface area contributed by atoms with Crippen molar-refractivity contribution in [2.75, 3.05) is 39.4 Å². The largest absolute Gasteiger partial charge is 0.379 e. The van der Waals surface area contributed by atoms with Crippen LogP contribution < -0.4 is 0 Å². The van der Waals surface area contributed by atoms with Crippen LogP contribution >= 0.6 is 0 Å². The standard InChI is InChI=1S/C25H32N2O2/c1-20-7-5-6-10-23(20)24(21-8-3-2-4-9-21)19-25(28)27-13-11-22(12-14-27)26-15-17-29-18-16-26/h2-10,22,24H,11-19H2,1H3/t24-/m1/s1. The van der Waals surface area contributed by atoms with Crippen LogP contribution in [0.3, 0.4) is 0 Å². The quantitative estimate of drug-likeness (QED) is 0.775. The van der Waals surface area contributed by atoms with Crippen molar-refractivity contribution in [3.8, 4) is 0 Å². The minimum atomic E-state index is 0.113. The Morgan fingerprint density at radius 3 is 2.31 bits per heavy atom. The van der Waals surface area contributed by atoms with E-state index in [1.807, 2.05) is 6.07 Å². The van der Waals surface area contributed by atoms with Crippen LogP contribution in [0.15, 0.2) is 54.6 Å². The number of ether oxygens (including phenoxy) is 1. The van der Waals surface area contributed by atoms with Crippen LogP contribution in [0.5, 0.6) is 0 Å². The van der Waals surface area contributed by atoms with E-state index in [1.165, 1.54) is 16.7 Å². The molecule has 2 aromatic carbocycles. The minimum absolute atomic E-state index is 0.113. The van der Waals surface area contributed by atoms with Gasteiger partial charge in [0.05, 0.1) is 13.2 Å². The van der Waals surface area contributed by atoms with Gasteiger partial charge in [-0.15, -0.1) is 0 Å². The zero-order valence-corrected chi connectivity index (χ0v) is 17.4. The molecule has 154 valence electrons. The summed E-state index contributed by atoms with van der Waals surface area (Å²) in [6, 6.07) is 19.5. The van der Waals surface area contributed by atoms with Crippen molar-refractivity contribution in [2.45, 2.75) is 38.1 Å². The van der Waals surface area contributed by atoms with E-state index in [0.29, 0.717) is 12.5 Å². The molecule has 0 bridgehead atoms. The molecule has 1 amide bonds. The molecule has 0 unspecified atom stereocenters. The summed E-state index contributed by atoms with van der Waals surface area (Å²) in [7, 11) is 0. The maximum Gasteiger partial charge on any atom is 0.223 e. The monoisotopic (exact) mass is 392 g/mol. The molecule has 0 N–H and O–H groups in total. The summed E-state index contributed by atoms with van der Waals surface area (Å²) in [6.45, 7) is 7.63. The van der Waals surface area contributed by atoms with Gasteiger partial charge in [-0.3, -0.25) is 9.69 Å². The zero-order valence-electron chi connectivity index (χ0n) is 17.4. The predicted molar refractivity (Wildman–Crippen MR) is 116 cm³/mol. The van der Waals surface area contributed by atoms with Crippen molar-refractivity contribution in [1.29, 1.82) is 0 Å². The summed E-state index contributed by atoms with van der Waals surface area (Å²) in [5, 5.41) is 0. The van der Waals surface area contributed by atoms with Crippen LogP contribution in [-0.4, -0.2) is 61.1 Å². The first kappa shape index (κ1) is 20.1. The number of morpholine rings is 1. The Morgan fingerprint density at radius 2 is 1.62 bits per heavy atom. The van der Waals surface area contributed by atoms with Crippen molar-refractivity contribution in [1.82, 2.24) is 9.80 Å². The van der Waals surface area contributed by atoms with Gasteiger partial charge in [0.25, 0.3) is 0 Å². The van der Waals surface area contributed by atoms with Gasteiger partial charge in [0.2, 0.25) is 5.91 Å². The highest BCUT2D eigenvalue weighted by Gasteiger charge is 2.29. The van der Waals surface area contributed by atoms with Crippen LogP contribution in [0.4, 0.5) is 0 Å².